The molecule has 16 heavy (non-hydrogen) atoms. The molecule has 2 heterocycles. The first kappa shape index (κ1) is 9.86. The molecule has 0 aromatic carbocycles. The molecule has 1 aromatic rings. The van der Waals surface area contributed by atoms with E-state index >= 15 is 0 Å². The van der Waals surface area contributed by atoms with Crippen molar-refractivity contribution in [1.29, 1.82) is 5.26 Å². The van der Waals surface area contributed by atoms with Crippen LogP contribution in [-0.4, -0.2) is 21.8 Å². The SMILES string of the molecule is N#Cc1nccn1C1CCOC2(CCC2)C1. The first-order chi connectivity index (χ1) is 7.83. The van der Waals surface area contributed by atoms with Gasteiger partial charge in [-0.3, -0.25) is 0 Å². The number of nitrogens with zero attached hydrogens (tertiary/aromatic N) is 3. The van der Waals surface area contributed by atoms with Crippen LogP contribution in [0.15, 0.2) is 12.4 Å². The van der Waals surface area contributed by atoms with Crippen molar-refractivity contribution in [3.8, 4) is 6.07 Å². The largest absolute Gasteiger partial charge is 0.375 e. The highest BCUT2D eigenvalue weighted by Crippen LogP contribution is 2.45. The number of nitriles is 1. The molecule has 4 heteroatoms. The van der Waals surface area contributed by atoms with Crippen molar-refractivity contribution in [2.45, 2.75) is 43.7 Å². The molecule has 0 radical (unpaired) electrons. The third-order valence-electron chi connectivity index (χ3n) is 3.89. The Hall–Kier alpha value is -1.34. The summed E-state index contributed by atoms with van der Waals surface area (Å²) in [6.45, 7) is 0.813. The molecule has 4 nitrogen and oxygen atoms in total. The van der Waals surface area contributed by atoms with Crippen LogP contribution in [0.3, 0.4) is 0 Å². The quantitative estimate of drug-likeness (QED) is 0.723. The van der Waals surface area contributed by atoms with Gasteiger partial charge >= 0.3 is 0 Å². The molecule has 3 rings (SSSR count). The molecule has 0 amide bonds. The molecule has 0 bridgehead atoms. The summed E-state index contributed by atoms with van der Waals surface area (Å²) >= 11 is 0. The van der Waals surface area contributed by atoms with Crippen LogP contribution in [0.1, 0.15) is 44.0 Å². The van der Waals surface area contributed by atoms with Crippen LogP contribution in [0.5, 0.6) is 0 Å². The van der Waals surface area contributed by atoms with E-state index in [0.29, 0.717) is 11.9 Å². The van der Waals surface area contributed by atoms with Gasteiger partial charge in [0.05, 0.1) is 5.60 Å². The van der Waals surface area contributed by atoms with Gasteiger partial charge in [-0.05, 0) is 32.1 Å². The molecule has 1 saturated carbocycles. The lowest BCUT2D eigenvalue weighted by Gasteiger charge is -2.47. The summed E-state index contributed by atoms with van der Waals surface area (Å²) < 4.78 is 7.90. The van der Waals surface area contributed by atoms with Gasteiger partial charge < -0.3 is 9.30 Å². The number of hydrogen-bond donors (Lipinski definition) is 0. The smallest absolute Gasteiger partial charge is 0.212 e. The molecular weight excluding hydrogens is 202 g/mol. The zero-order chi connectivity index (χ0) is 11.0. The van der Waals surface area contributed by atoms with Crippen molar-refractivity contribution in [2.24, 2.45) is 0 Å². The lowest BCUT2D eigenvalue weighted by molar-refractivity contribution is -0.140. The molecule has 1 spiro atoms. The van der Waals surface area contributed by atoms with E-state index in [2.05, 4.69) is 11.1 Å². The van der Waals surface area contributed by atoms with E-state index < -0.39 is 0 Å². The molecule has 1 aromatic heterocycles. The van der Waals surface area contributed by atoms with Crippen LogP contribution >= 0.6 is 0 Å². The van der Waals surface area contributed by atoms with E-state index in [9.17, 15) is 0 Å². The van der Waals surface area contributed by atoms with Gasteiger partial charge in [0.25, 0.3) is 0 Å². The lowest BCUT2D eigenvalue weighted by Crippen LogP contribution is -2.46. The van der Waals surface area contributed by atoms with Gasteiger partial charge in [-0.2, -0.15) is 5.26 Å². The van der Waals surface area contributed by atoms with E-state index in [-0.39, 0.29) is 5.60 Å². The van der Waals surface area contributed by atoms with Gasteiger partial charge in [-0.15, -0.1) is 0 Å². The zero-order valence-electron chi connectivity index (χ0n) is 9.22. The number of rotatable bonds is 1. The third-order valence-corrected chi connectivity index (χ3v) is 3.89. The van der Waals surface area contributed by atoms with Crippen LogP contribution < -0.4 is 0 Å². The average Bonchev–Trinajstić information content (AvgIpc) is 2.75. The maximum atomic E-state index is 8.97. The summed E-state index contributed by atoms with van der Waals surface area (Å²) in [6.07, 6.45) is 9.30. The molecule has 1 aliphatic heterocycles. The standard InChI is InChI=1S/C12H15N3O/c13-9-11-14-5-6-15(11)10-2-7-16-12(8-10)3-1-4-12/h5-6,10H,1-4,7-8H2. The fraction of sp³-hybridized carbons (Fsp3) is 0.667. The summed E-state index contributed by atoms with van der Waals surface area (Å²) in [5.74, 6) is 0.529. The minimum atomic E-state index is 0.125. The fourth-order valence-corrected chi connectivity index (χ4v) is 2.85. The van der Waals surface area contributed by atoms with Crippen molar-refractivity contribution in [1.82, 2.24) is 9.55 Å². The van der Waals surface area contributed by atoms with Crippen molar-refractivity contribution < 1.29 is 4.74 Å². The summed E-state index contributed by atoms with van der Waals surface area (Å²) in [5.41, 5.74) is 0.125. The van der Waals surface area contributed by atoms with E-state index in [1.54, 1.807) is 6.20 Å². The third kappa shape index (κ3) is 1.43. The molecule has 1 aliphatic carbocycles. The predicted molar refractivity (Wildman–Crippen MR) is 57.7 cm³/mol. The van der Waals surface area contributed by atoms with Gasteiger partial charge in [0.2, 0.25) is 5.82 Å². The Morgan fingerprint density at radius 2 is 2.44 bits per heavy atom. The normalized spacial score (nSPS) is 27.3. The number of hydrogen-bond acceptors (Lipinski definition) is 3. The number of ether oxygens (including phenoxy) is 1. The van der Waals surface area contributed by atoms with Gasteiger partial charge in [0, 0.05) is 25.0 Å². The second kappa shape index (κ2) is 3.60. The molecule has 2 aliphatic rings. The topological polar surface area (TPSA) is 50.8 Å². The average molecular weight is 217 g/mol. The van der Waals surface area contributed by atoms with Gasteiger partial charge in [-0.1, -0.05) is 0 Å². The zero-order valence-corrected chi connectivity index (χ0v) is 9.22. The Labute approximate surface area is 94.8 Å². The van der Waals surface area contributed by atoms with E-state index in [0.717, 1.165) is 19.4 Å². The Morgan fingerprint density at radius 3 is 3.12 bits per heavy atom. The Morgan fingerprint density at radius 1 is 1.56 bits per heavy atom. The van der Waals surface area contributed by atoms with Crippen molar-refractivity contribution >= 4 is 0 Å². The van der Waals surface area contributed by atoms with Gasteiger partial charge in [0.15, 0.2) is 0 Å². The molecular formula is C12H15N3O. The Bertz CT molecular complexity index is 428. The molecule has 1 unspecified atom stereocenters. The molecule has 0 N–H and O–H groups in total. The summed E-state index contributed by atoms with van der Waals surface area (Å²) in [7, 11) is 0. The van der Waals surface area contributed by atoms with Crippen molar-refractivity contribution in [2.75, 3.05) is 6.61 Å². The Balaban J connectivity index is 1.82. The van der Waals surface area contributed by atoms with Gasteiger partial charge in [0.1, 0.15) is 6.07 Å². The second-order valence-electron chi connectivity index (χ2n) is 4.80. The Kier molecular flexibility index (Phi) is 2.22. The molecule has 1 atom stereocenters. The van der Waals surface area contributed by atoms with Crippen molar-refractivity contribution in [3.63, 3.8) is 0 Å². The second-order valence-corrected chi connectivity index (χ2v) is 4.80. The highest BCUT2D eigenvalue weighted by molar-refractivity contribution is 5.13. The van der Waals surface area contributed by atoms with E-state index in [1.165, 1.54) is 19.3 Å². The van der Waals surface area contributed by atoms with Gasteiger partial charge in [-0.25, -0.2) is 4.98 Å². The monoisotopic (exact) mass is 217 g/mol. The van der Waals surface area contributed by atoms with Crippen molar-refractivity contribution in [3.05, 3.63) is 18.2 Å². The maximum Gasteiger partial charge on any atom is 0.212 e. The van der Waals surface area contributed by atoms with Crippen LogP contribution in [0.4, 0.5) is 0 Å². The maximum absolute atomic E-state index is 8.97. The van der Waals surface area contributed by atoms with E-state index in [1.807, 2.05) is 10.8 Å². The first-order valence-electron chi connectivity index (χ1n) is 5.90. The minimum Gasteiger partial charge on any atom is -0.375 e. The highest BCUT2D eigenvalue weighted by atomic mass is 16.5. The number of aromatic nitrogens is 2. The predicted octanol–water partition coefficient (Wildman–Crippen LogP) is 2.03. The molecule has 1 saturated heterocycles. The fourth-order valence-electron chi connectivity index (χ4n) is 2.85. The van der Waals surface area contributed by atoms with E-state index in [4.69, 9.17) is 10.00 Å². The first-order valence-corrected chi connectivity index (χ1v) is 5.90. The summed E-state index contributed by atoms with van der Waals surface area (Å²) in [4.78, 5) is 4.06. The lowest BCUT2D eigenvalue weighted by atomic mass is 9.74. The van der Waals surface area contributed by atoms with Crippen LogP contribution in [0.2, 0.25) is 0 Å². The van der Waals surface area contributed by atoms with Crippen LogP contribution in [-0.2, 0) is 4.74 Å². The molecule has 2 fully saturated rings. The minimum absolute atomic E-state index is 0.125. The summed E-state index contributed by atoms with van der Waals surface area (Å²) in [6, 6.07) is 2.54. The number of imidazole rings is 1. The van der Waals surface area contributed by atoms with Crippen LogP contribution in [0, 0.1) is 11.3 Å². The molecule has 84 valence electrons. The highest BCUT2D eigenvalue weighted by Gasteiger charge is 2.43. The van der Waals surface area contributed by atoms with Crippen LogP contribution in [0.25, 0.3) is 0 Å². The summed E-state index contributed by atoms with van der Waals surface area (Å²) in [5, 5.41) is 8.97.